The first kappa shape index (κ1) is 15.0. The summed E-state index contributed by atoms with van der Waals surface area (Å²) in [7, 11) is -3.43. The van der Waals surface area contributed by atoms with Crippen LogP contribution in [-0.2, 0) is 21.4 Å². The maximum Gasteiger partial charge on any atom is 0.247 e. The molecule has 0 aliphatic carbocycles. The Kier molecular flexibility index (Phi) is 3.74. The van der Waals surface area contributed by atoms with E-state index < -0.39 is 10.0 Å². The molecule has 0 saturated carbocycles. The largest absolute Gasteiger partial charge is 0.361 e. The van der Waals surface area contributed by atoms with Crippen molar-refractivity contribution in [1.82, 2.24) is 20.0 Å². The van der Waals surface area contributed by atoms with Crippen LogP contribution in [0.25, 0.3) is 10.9 Å². The summed E-state index contributed by atoms with van der Waals surface area (Å²) < 4.78 is 24.4. The molecule has 0 atom stereocenters. The number of sulfonamides is 1. The van der Waals surface area contributed by atoms with Crippen molar-refractivity contribution < 1.29 is 13.2 Å². The number of carbonyl (C=O) groups excluding carboxylic acids is 1. The molecule has 0 spiro atoms. The highest BCUT2D eigenvalue weighted by Crippen LogP contribution is 2.17. The number of aromatic amines is 1. The number of benzene rings is 1. The number of nitrogens with zero attached hydrogens (tertiary/aromatic N) is 3. The fraction of sp³-hybridized carbons (Fsp3) is 0.154. The third-order valence-electron chi connectivity index (χ3n) is 2.95. The zero-order valence-electron chi connectivity index (χ0n) is 12.1. The lowest BCUT2D eigenvalue weighted by molar-refractivity contribution is -0.117. The average molecular weight is 334 g/mol. The van der Waals surface area contributed by atoms with E-state index in [2.05, 4.69) is 25.2 Å². The van der Waals surface area contributed by atoms with Gasteiger partial charge in [-0.05, 0) is 24.3 Å². The van der Waals surface area contributed by atoms with Gasteiger partial charge in [0, 0.05) is 22.8 Å². The van der Waals surface area contributed by atoms with Gasteiger partial charge >= 0.3 is 0 Å². The molecule has 0 aliphatic heterocycles. The summed E-state index contributed by atoms with van der Waals surface area (Å²) in [6, 6.07) is 7.40. The zero-order chi connectivity index (χ0) is 16.4. The van der Waals surface area contributed by atoms with Gasteiger partial charge in [0.2, 0.25) is 15.9 Å². The van der Waals surface area contributed by atoms with Crippen LogP contribution in [-0.4, -0.2) is 40.6 Å². The van der Waals surface area contributed by atoms with Crippen molar-refractivity contribution in [3.05, 3.63) is 36.7 Å². The molecule has 2 heterocycles. The van der Waals surface area contributed by atoms with Crippen LogP contribution < -0.4 is 10.0 Å². The van der Waals surface area contributed by atoms with E-state index in [9.17, 15) is 13.2 Å². The van der Waals surface area contributed by atoms with Crippen LogP contribution in [0.15, 0.2) is 36.7 Å². The molecule has 3 aromatic rings. The molecule has 23 heavy (non-hydrogen) atoms. The van der Waals surface area contributed by atoms with Crippen molar-refractivity contribution in [3.63, 3.8) is 0 Å². The number of hydrogen-bond acceptors (Lipinski definition) is 5. The number of fused-ring (bicyclic) bond motifs is 1. The highest BCUT2D eigenvalue weighted by atomic mass is 32.2. The molecule has 0 saturated heterocycles. The smallest absolute Gasteiger partial charge is 0.247 e. The normalized spacial score (nSPS) is 11.5. The molecule has 0 unspecified atom stereocenters. The van der Waals surface area contributed by atoms with Crippen molar-refractivity contribution in [2.75, 3.05) is 16.3 Å². The summed E-state index contributed by atoms with van der Waals surface area (Å²) in [6.07, 6.45) is 4.07. The van der Waals surface area contributed by atoms with Crippen LogP contribution in [0.5, 0.6) is 0 Å². The van der Waals surface area contributed by atoms with Gasteiger partial charge in [0.15, 0.2) is 5.82 Å². The van der Waals surface area contributed by atoms with Crippen LogP contribution in [0.1, 0.15) is 0 Å². The summed E-state index contributed by atoms with van der Waals surface area (Å²) in [5.74, 6) is -0.254. The molecular weight excluding hydrogens is 320 g/mol. The van der Waals surface area contributed by atoms with Crippen molar-refractivity contribution in [2.24, 2.45) is 0 Å². The van der Waals surface area contributed by atoms with Crippen LogP contribution in [0.3, 0.4) is 0 Å². The van der Waals surface area contributed by atoms with E-state index in [1.54, 1.807) is 6.07 Å². The molecule has 0 radical (unpaired) electrons. The first-order chi connectivity index (χ1) is 10.9. The van der Waals surface area contributed by atoms with Gasteiger partial charge in [0.25, 0.3) is 0 Å². The fourth-order valence-electron chi connectivity index (χ4n) is 2.07. The third kappa shape index (κ3) is 3.86. The predicted octanol–water partition coefficient (Wildman–Crippen LogP) is 0.770. The van der Waals surface area contributed by atoms with E-state index in [0.717, 1.165) is 22.0 Å². The molecule has 0 bridgehead atoms. The van der Waals surface area contributed by atoms with Crippen molar-refractivity contribution in [3.8, 4) is 0 Å². The van der Waals surface area contributed by atoms with Crippen molar-refractivity contribution in [2.45, 2.75) is 6.54 Å². The second kappa shape index (κ2) is 5.72. The Morgan fingerprint density at radius 1 is 1.35 bits per heavy atom. The molecule has 9 nitrogen and oxygen atoms in total. The Hall–Kier alpha value is -2.88. The number of rotatable bonds is 5. The summed E-state index contributed by atoms with van der Waals surface area (Å²) in [6.45, 7) is -0.128. The van der Waals surface area contributed by atoms with Gasteiger partial charge in [0.1, 0.15) is 6.54 Å². The average Bonchev–Trinajstić information content (AvgIpc) is 3.05. The summed E-state index contributed by atoms with van der Waals surface area (Å²) in [5, 5.41) is 11.4. The van der Waals surface area contributed by atoms with Crippen LogP contribution in [0.2, 0.25) is 0 Å². The lowest BCUT2D eigenvalue weighted by atomic mass is 10.2. The van der Waals surface area contributed by atoms with Crippen LogP contribution in [0, 0.1) is 0 Å². The zero-order valence-corrected chi connectivity index (χ0v) is 13.0. The minimum absolute atomic E-state index is 0.0639. The number of carbonyl (C=O) groups is 1. The van der Waals surface area contributed by atoms with Gasteiger partial charge in [-0.25, -0.2) is 8.42 Å². The highest BCUT2D eigenvalue weighted by molar-refractivity contribution is 7.92. The lowest BCUT2D eigenvalue weighted by Crippen LogP contribution is -2.20. The molecule has 10 heteroatoms. The quantitative estimate of drug-likeness (QED) is 0.636. The molecule has 3 rings (SSSR count). The topological polar surface area (TPSA) is 122 Å². The van der Waals surface area contributed by atoms with Gasteiger partial charge in [-0.2, -0.15) is 9.90 Å². The molecule has 1 amide bonds. The molecule has 3 N–H and O–H groups in total. The van der Waals surface area contributed by atoms with E-state index in [-0.39, 0.29) is 18.3 Å². The van der Waals surface area contributed by atoms with Gasteiger partial charge in [-0.1, -0.05) is 0 Å². The Balaban J connectivity index is 1.65. The van der Waals surface area contributed by atoms with Crippen molar-refractivity contribution in [1.29, 1.82) is 0 Å². The highest BCUT2D eigenvalue weighted by Gasteiger charge is 2.09. The predicted molar refractivity (Wildman–Crippen MR) is 85.4 cm³/mol. The number of nitrogens with one attached hydrogen (secondary N) is 3. The number of anilines is 2. The SMILES string of the molecule is CS(=O)(=O)Nc1cnn(CC(=O)Nc2ccc3[nH]ccc3c2)n1. The Labute approximate surface area is 131 Å². The molecule has 1 aromatic carbocycles. The molecular formula is C13H14N6O3S. The van der Waals surface area contributed by atoms with Gasteiger partial charge in [-0.3, -0.25) is 9.52 Å². The number of H-pyrrole nitrogens is 1. The maximum absolute atomic E-state index is 12.0. The second-order valence-corrected chi connectivity index (χ2v) is 6.71. The number of hydrogen-bond donors (Lipinski definition) is 3. The molecule has 2 aromatic heterocycles. The van der Waals surface area contributed by atoms with E-state index in [4.69, 9.17) is 0 Å². The minimum atomic E-state index is -3.43. The van der Waals surface area contributed by atoms with E-state index >= 15 is 0 Å². The molecule has 0 fully saturated rings. The molecule has 0 aliphatic rings. The lowest BCUT2D eigenvalue weighted by Gasteiger charge is -2.05. The standard InChI is InChI=1S/C13H14N6O3S/c1-23(21,22)18-12-7-15-19(17-12)8-13(20)16-10-2-3-11-9(6-10)4-5-14-11/h2-7,14H,8H2,1H3,(H,16,20)(H,17,18). The maximum atomic E-state index is 12.0. The monoisotopic (exact) mass is 334 g/mol. The number of amides is 1. The summed E-state index contributed by atoms with van der Waals surface area (Å²) in [5.41, 5.74) is 1.64. The van der Waals surface area contributed by atoms with Gasteiger partial charge in [-0.15, -0.1) is 5.10 Å². The second-order valence-electron chi connectivity index (χ2n) is 4.96. The first-order valence-electron chi connectivity index (χ1n) is 6.64. The van der Waals surface area contributed by atoms with Crippen LogP contribution >= 0.6 is 0 Å². The van der Waals surface area contributed by atoms with E-state index in [1.807, 2.05) is 24.4 Å². The molecule has 120 valence electrons. The third-order valence-corrected chi connectivity index (χ3v) is 3.53. The van der Waals surface area contributed by atoms with E-state index in [1.165, 1.54) is 6.20 Å². The van der Waals surface area contributed by atoms with Gasteiger partial charge in [0.05, 0.1) is 12.5 Å². The van der Waals surface area contributed by atoms with Crippen LogP contribution in [0.4, 0.5) is 11.5 Å². The Morgan fingerprint density at radius 2 is 2.17 bits per heavy atom. The minimum Gasteiger partial charge on any atom is -0.361 e. The summed E-state index contributed by atoms with van der Waals surface area (Å²) in [4.78, 5) is 16.2. The Bertz CT molecular complexity index is 959. The van der Waals surface area contributed by atoms with E-state index in [0.29, 0.717) is 5.69 Å². The van der Waals surface area contributed by atoms with Gasteiger partial charge < -0.3 is 10.3 Å². The summed E-state index contributed by atoms with van der Waals surface area (Å²) >= 11 is 0. The fourth-order valence-corrected chi connectivity index (χ4v) is 2.54. The number of aromatic nitrogens is 4. The Morgan fingerprint density at radius 3 is 2.96 bits per heavy atom. The van der Waals surface area contributed by atoms with Crippen molar-refractivity contribution >= 4 is 38.3 Å². The first-order valence-corrected chi connectivity index (χ1v) is 8.53.